The van der Waals surface area contributed by atoms with Crippen molar-refractivity contribution in [1.29, 1.82) is 0 Å². The first kappa shape index (κ1) is 20.6. The van der Waals surface area contributed by atoms with Crippen LogP contribution in [-0.2, 0) is 6.54 Å². The molecule has 0 bridgehead atoms. The zero-order valence-corrected chi connectivity index (χ0v) is 19.3. The molecule has 7 heteroatoms. The number of aryl methyl sites for hydroxylation is 2. The fraction of sp³-hybridized carbons (Fsp3) is 0.280. The molecule has 4 aromatic rings. The maximum atomic E-state index is 13.3. The van der Waals surface area contributed by atoms with Crippen molar-refractivity contribution in [3.05, 3.63) is 81.4 Å². The zero-order valence-electron chi connectivity index (χ0n) is 18.4. The lowest BCUT2D eigenvalue weighted by molar-refractivity contribution is 0.0784. The van der Waals surface area contributed by atoms with Crippen molar-refractivity contribution < 1.29 is 4.79 Å². The van der Waals surface area contributed by atoms with Crippen LogP contribution in [0.2, 0.25) is 0 Å². The topological polar surface area (TPSA) is 63.9 Å². The summed E-state index contributed by atoms with van der Waals surface area (Å²) in [5, 5.41) is 4.57. The predicted molar refractivity (Wildman–Crippen MR) is 126 cm³/mol. The second-order valence-electron chi connectivity index (χ2n) is 8.35. The quantitative estimate of drug-likeness (QED) is 0.413. The van der Waals surface area contributed by atoms with E-state index < -0.39 is 0 Å². The average Bonchev–Trinajstić information content (AvgIpc) is 3.45. The summed E-state index contributed by atoms with van der Waals surface area (Å²) >= 11 is 1.76. The number of carbonyl (C=O) groups is 1. The van der Waals surface area contributed by atoms with Gasteiger partial charge in [-0.15, -0.1) is 11.3 Å². The van der Waals surface area contributed by atoms with Gasteiger partial charge in [-0.25, -0.2) is 14.6 Å². The van der Waals surface area contributed by atoms with E-state index in [-0.39, 0.29) is 5.91 Å². The van der Waals surface area contributed by atoms with E-state index in [1.54, 1.807) is 33.3 Å². The SMILES string of the molecule is Cc1cc(-c2ccnc(-n3ncc(C(=O)N(C)Cc4ccccc4)c3C3CC3)n2)c(C)s1. The van der Waals surface area contributed by atoms with Gasteiger partial charge in [0.25, 0.3) is 11.9 Å². The minimum Gasteiger partial charge on any atom is -0.337 e. The third kappa shape index (κ3) is 3.96. The highest BCUT2D eigenvalue weighted by Gasteiger charge is 2.34. The van der Waals surface area contributed by atoms with Gasteiger partial charge >= 0.3 is 0 Å². The van der Waals surface area contributed by atoms with Gasteiger partial charge in [0.15, 0.2) is 0 Å². The monoisotopic (exact) mass is 443 g/mol. The van der Waals surface area contributed by atoms with Gasteiger partial charge in [0.2, 0.25) is 0 Å². The summed E-state index contributed by atoms with van der Waals surface area (Å²) in [6.45, 7) is 4.77. The molecule has 3 aromatic heterocycles. The van der Waals surface area contributed by atoms with Gasteiger partial charge < -0.3 is 4.90 Å². The predicted octanol–water partition coefficient (Wildman–Crippen LogP) is 5.16. The van der Waals surface area contributed by atoms with E-state index in [4.69, 9.17) is 4.98 Å². The molecule has 0 N–H and O–H groups in total. The van der Waals surface area contributed by atoms with Crippen LogP contribution in [0.3, 0.4) is 0 Å². The van der Waals surface area contributed by atoms with Crippen LogP contribution in [0, 0.1) is 13.8 Å². The Bertz CT molecular complexity index is 1270. The Morgan fingerprint density at radius 2 is 1.97 bits per heavy atom. The van der Waals surface area contributed by atoms with Gasteiger partial charge in [0.1, 0.15) is 0 Å². The van der Waals surface area contributed by atoms with E-state index in [1.807, 2.05) is 43.4 Å². The summed E-state index contributed by atoms with van der Waals surface area (Å²) in [4.78, 5) is 26.9. The molecule has 162 valence electrons. The number of nitrogens with zero attached hydrogens (tertiary/aromatic N) is 5. The molecule has 1 aromatic carbocycles. The van der Waals surface area contributed by atoms with Crippen molar-refractivity contribution >= 4 is 17.2 Å². The molecule has 1 aliphatic rings. The van der Waals surface area contributed by atoms with Crippen LogP contribution in [0.5, 0.6) is 0 Å². The van der Waals surface area contributed by atoms with E-state index in [2.05, 4.69) is 30.0 Å². The summed E-state index contributed by atoms with van der Waals surface area (Å²) < 4.78 is 1.76. The molecule has 6 nitrogen and oxygen atoms in total. The molecule has 0 aliphatic heterocycles. The summed E-state index contributed by atoms with van der Waals surface area (Å²) in [6.07, 6.45) is 5.55. The van der Waals surface area contributed by atoms with Gasteiger partial charge in [0.05, 0.1) is 23.1 Å². The van der Waals surface area contributed by atoms with Crippen molar-refractivity contribution in [1.82, 2.24) is 24.6 Å². The Hall–Kier alpha value is -3.32. The zero-order chi connectivity index (χ0) is 22.2. The largest absolute Gasteiger partial charge is 0.337 e. The van der Waals surface area contributed by atoms with E-state index in [1.165, 1.54) is 9.75 Å². The summed E-state index contributed by atoms with van der Waals surface area (Å²) in [5.74, 6) is 0.804. The highest BCUT2D eigenvalue weighted by Crippen LogP contribution is 2.42. The van der Waals surface area contributed by atoms with Gasteiger partial charge in [-0.3, -0.25) is 4.79 Å². The molecule has 0 radical (unpaired) electrons. The number of hydrogen-bond acceptors (Lipinski definition) is 5. The lowest BCUT2D eigenvalue weighted by atomic mass is 10.1. The molecule has 32 heavy (non-hydrogen) atoms. The molecular formula is C25H25N5OS. The number of thiophene rings is 1. The van der Waals surface area contributed by atoms with Crippen molar-refractivity contribution in [2.45, 2.75) is 39.2 Å². The summed E-state index contributed by atoms with van der Waals surface area (Å²) in [5.41, 5.74) is 4.66. The molecule has 1 amide bonds. The third-order valence-electron chi connectivity index (χ3n) is 5.76. The Labute approximate surface area is 191 Å². The van der Waals surface area contributed by atoms with Crippen LogP contribution in [0.1, 0.15) is 50.1 Å². The molecule has 1 fully saturated rings. The van der Waals surface area contributed by atoms with Crippen molar-refractivity contribution in [3.63, 3.8) is 0 Å². The molecule has 0 spiro atoms. The van der Waals surface area contributed by atoms with Crippen LogP contribution in [0.15, 0.2) is 54.9 Å². The number of hydrogen-bond donors (Lipinski definition) is 0. The second kappa shape index (κ2) is 8.31. The fourth-order valence-electron chi connectivity index (χ4n) is 4.05. The van der Waals surface area contributed by atoms with E-state index in [0.29, 0.717) is 24.0 Å². The van der Waals surface area contributed by atoms with Gasteiger partial charge in [0, 0.05) is 41.0 Å². The molecule has 0 saturated heterocycles. The van der Waals surface area contributed by atoms with Crippen LogP contribution in [0.4, 0.5) is 0 Å². The normalized spacial score (nSPS) is 13.3. The standard InChI is InChI=1S/C25H25N5OS/c1-16-13-20(17(2)32-16)22-11-12-26-25(28-22)30-23(19-9-10-19)21(14-27-30)24(31)29(3)15-18-7-5-4-6-8-18/h4-8,11-14,19H,9-10,15H2,1-3H3. The molecule has 3 heterocycles. The molecule has 1 saturated carbocycles. The highest BCUT2D eigenvalue weighted by molar-refractivity contribution is 7.12. The first-order chi connectivity index (χ1) is 15.5. The Morgan fingerprint density at radius 3 is 2.66 bits per heavy atom. The van der Waals surface area contributed by atoms with Crippen LogP contribution < -0.4 is 0 Å². The second-order valence-corrected chi connectivity index (χ2v) is 9.81. The van der Waals surface area contributed by atoms with Crippen molar-refractivity contribution in [2.24, 2.45) is 0 Å². The lowest BCUT2D eigenvalue weighted by Crippen LogP contribution is -2.27. The highest BCUT2D eigenvalue weighted by atomic mass is 32.1. The third-order valence-corrected chi connectivity index (χ3v) is 6.73. The van der Waals surface area contributed by atoms with E-state index in [9.17, 15) is 4.79 Å². The Morgan fingerprint density at radius 1 is 1.19 bits per heavy atom. The lowest BCUT2D eigenvalue weighted by Gasteiger charge is -2.17. The van der Waals surface area contributed by atoms with Crippen molar-refractivity contribution in [3.8, 4) is 17.2 Å². The van der Waals surface area contributed by atoms with E-state index in [0.717, 1.165) is 35.4 Å². The molecule has 0 atom stereocenters. The number of benzene rings is 1. The minimum atomic E-state index is -0.0255. The number of carbonyl (C=O) groups excluding carboxylic acids is 1. The molecular weight excluding hydrogens is 418 g/mol. The minimum absolute atomic E-state index is 0.0255. The molecule has 0 unspecified atom stereocenters. The maximum absolute atomic E-state index is 13.3. The van der Waals surface area contributed by atoms with Gasteiger partial charge in [-0.05, 0) is 44.4 Å². The number of aromatic nitrogens is 4. The van der Waals surface area contributed by atoms with Gasteiger partial charge in [-0.1, -0.05) is 30.3 Å². The molecule has 5 rings (SSSR count). The average molecular weight is 444 g/mol. The first-order valence-electron chi connectivity index (χ1n) is 10.8. The Kier molecular flexibility index (Phi) is 5.35. The summed E-state index contributed by atoms with van der Waals surface area (Å²) in [7, 11) is 1.84. The van der Waals surface area contributed by atoms with Crippen molar-refractivity contribution in [2.75, 3.05) is 7.05 Å². The molecule has 1 aliphatic carbocycles. The van der Waals surface area contributed by atoms with Gasteiger partial charge in [-0.2, -0.15) is 5.10 Å². The maximum Gasteiger partial charge on any atom is 0.257 e. The number of amides is 1. The summed E-state index contributed by atoms with van der Waals surface area (Å²) in [6, 6.07) is 14.1. The van der Waals surface area contributed by atoms with Crippen LogP contribution >= 0.6 is 11.3 Å². The van der Waals surface area contributed by atoms with Crippen LogP contribution in [-0.4, -0.2) is 37.6 Å². The number of rotatable bonds is 6. The fourth-order valence-corrected chi connectivity index (χ4v) is 4.99. The Balaban J connectivity index is 1.48. The van der Waals surface area contributed by atoms with Crippen LogP contribution in [0.25, 0.3) is 17.2 Å². The first-order valence-corrected chi connectivity index (χ1v) is 11.6. The van der Waals surface area contributed by atoms with E-state index >= 15 is 0 Å². The smallest absolute Gasteiger partial charge is 0.257 e.